The Morgan fingerprint density at radius 3 is 3.00 bits per heavy atom. The van der Waals surface area contributed by atoms with Gasteiger partial charge in [-0.15, -0.1) is 0 Å². The molecular formula is C12H14N2O. The van der Waals surface area contributed by atoms with Crippen molar-refractivity contribution in [2.75, 3.05) is 6.54 Å². The lowest BCUT2D eigenvalue weighted by Gasteiger charge is -2.09. The summed E-state index contributed by atoms with van der Waals surface area (Å²) in [7, 11) is 0. The van der Waals surface area contributed by atoms with E-state index in [1.165, 1.54) is 0 Å². The number of nitrogens with two attached hydrogens (primary N) is 1. The molecule has 0 spiro atoms. The van der Waals surface area contributed by atoms with Crippen molar-refractivity contribution in [1.82, 2.24) is 4.98 Å². The highest BCUT2D eigenvalue weighted by Crippen LogP contribution is 2.20. The number of aliphatic hydroxyl groups is 1. The third-order valence-corrected chi connectivity index (χ3v) is 2.45. The van der Waals surface area contributed by atoms with Gasteiger partial charge in [0.15, 0.2) is 0 Å². The second kappa shape index (κ2) is 4.38. The van der Waals surface area contributed by atoms with Crippen LogP contribution in [0.3, 0.4) is 0 Å². The first-order valence-electron chi connectivity index (χ1n) is 5.04. The van der Waals surface area contributed by atoms with Crippen molar-refractivity contribution in [3.8, 4) is 0 Å². The fraction of sp³-hybridized carbons (Fsp3) is 0.250. The molecule has 0 saturated heterocycles. The van der Waals surface area contributed by atoms with Gasteiger partial charge in [0.05, 0.1) is 11.6 Å². The molecule has 0 saturated carbocycles. The van der Waals surface area contributed by atoms with E-state index in [4.69, 9.17) is 5.73 Å². The van der Waals surface area contributed by atoms with Crippen LogP contribution in [0.15, 0.2) is 36.5 Å². The van der Waals surface area contributed by atoms with Crippen LogP contribution in [0, 0.1) is 0 Å². The maximum absolute atomic E-state index is 9.77. The van der Waals surface area contributed by atoms with E-state index in [-0.39, 0.29) is 0 Å². The monoisotopic (exact) mass is 202 g/mol. The van der Waals surface area contributed by atoms with Crippen molar-refractivity contribution in [2.45, 2.75) is 12.5 Å². The first-order chi connectivity index (χ1) is 7.31. The molecule has 78 valence electrons. The molecule has 1 aromatic carbocycles. The highest BCUT2D eigenvalue weighted by molar-refractivity contribution is 5.78. The Labute approximate surface area is 88.6 Å². The number of benzene rings is 1. The van der Waals surface area contributed by atoms with E-state index in [0.717, 1.165) is 16.5 Å². The van der Waals surface area contributed by atoms with E-state index in [2.05, 4.69) is 4.98 Å². The van der Waals surface area contributed by atoms with Gasteiger partial charge in [0.25, 0.3) is 0 Å². The lowest BCUT2D eigenvalue weighted by molar-refractivity contribution is 0.170. The van der Waals surface area contributed by atoms with Crippen molar-refractivity contribution in [3.05, 3.63) is 42.1 Å². The summed E-state index contributed by atoms with van der Waals surface area (Å²) >= 11 is 0. The average Bonchev–Trinajstić information content (AvgIpc) is 2.29. The minimum Gasteiger partial charge on any atom is -0.388 e. The number of hydrogen-bond acceptors (Lipinski definition) is 3. The average molecular weight is 202 g/mol. The topological polar surface area (TPSA) is 59.1 Å². The van der Waals surface area contributed by atoms with E-state index in [1.54, 1.807) is 6.20 Å². The summed E-state index contributed by atoms with van der Waals surface area (Å²) in [5, 5.41) is 10.9. The van der Waals surface area contributed by atoms with Crippen molar-refractivity contribution < 1.29 is 5.11 Å². The van der Waals surface area contributed by atoms with Crippen molar-refractivity contribution in [2.24, 2.45) is 5.73 Å². The summed E-state index contributed by atoms with van der Waals surface area (Å²) in [6, 6.07) is 9.71. The third kappa shape index (κ3) is 2.14. The highest BCUT2D eigenvalue weighted by Gasteiger charge is 2.06. The molecule has 3 nitrogen and oxygen atoms in total. The molecule has 2 aromatic rings. The SMILES string of the molecule is NCC[C@H](O)c1ccc2cccnc2c1. The largest absolute Gasteiger partial charge is 0.388 e. The minimum atomic E-state index is -0.485. The van der Waals surface area contributed by atoms with Crippen molar-refractivity contribution in [1.29, 1.82) is 0 Å². The molecule has 0 aliphatic rings. The Morgan fingerprint density at radius 1 is 1.33 bits per heavy atom. The fourth-order valence-electron chi connectivity index (χ4n) is 1.62. The number of aliphatic hydroxyl groups excluding tert-OH is 1. The molecule has 0 aliphatic heterocycles. The van der Waals surface area contributed by atoms with Crippen LogP contribution in [-0.4, -0.2) is 16.6 Å². The zero-order chi connectivity index (χ0) is 10.7. The van der Waals surface area contributed by atoms with Crippen LogP contribution < -0.4 is 5.73 Å². The Bertz CT molecular complexity index is 456. The van der Waals surface area contributed by atoms with E-state index < -0.39 is 6.10 Å². The van der Waals surface area contributed by atoms with Gasteiger partial charge < -0.3 is 10.8 Å². The van der Waals surface area contributed by atoms with Crippen LogP contribution >= 0.6 is 0 Å². The predicted octanol–water partition coefficient (Wildman–Crippen LogP) is 1.62. The van der Waals surface area contributed by atoms with Crippen LogP contribution in [0.1, 0.15) is 18.1 Å². The summed E-state index contributed by atoms with van der Waals surface area (Å²) in [4.78, 5) is 4.24. The van der Waals surface area contributed by atoms with Crippen LogP contribution in [0.5, 0.6) is 0 Å². The molecule has 3 heteroatoms. The van der Waals surface area contributed by atoms with Gasteiger partial charge in [-0.1, -0.05) is 18.2 Å². The molecule has 0 fully saturated rings. The molecule has 0 radical (unpaired) electrons. The lowest BCUT2D eigenvalue weighted by Crippen LogP contribution is -2.06. The first-order valence-corrected chi connectivity index (χ1v) is 5.04. The van der Waals surface area contributed by atoms with Crippen LogP contribution in [0.25, 0.3) is 10.9 Å². The second-order valence-electron chi connectivity index (χ2n) is 3.55. The molecule has 1 atom stereocenters. The summed E-state index contributed by atoms with van der Waals surface area (Å²) in [5.74, 6) is 0. The number of fused-ring (bicyclic) bond motifs is 1. The molecule has 0 bridgehead atoms. The number of aromatic nitrogens is 1. The van der Waals surface area contributed by atoms with Gasteiger partial charge in [0, 0.05) is 11.6 Å². The number of hydrogen-bond donors (Lipinski definition) is 2. The maximum atomic E-state index is 9.77. The lowest BCUT2D eigenvalue weighted by atomic mass is 10.0. The standard InChI is InChI=1S/C12H14N2O/c13-6-5-12(15)10-4-3-9-2-1-7-14-11(9)8-10/h1-4,7-8,12,15H,5-6,13H2/t12-/m0/s1. The van der Waals surface area contributed by atoms with Crippen molar-refractivity contribution >= 4 is 10.9 Å². The molecule has 0 amide bonds. The van der Waals surface area contributed by atoms with E-state index in [0.29, 0.717) is 13.0 Å². The molecule has 3 N–H and O–H groups in total. The van der Waals surface area contributed by atoms with Gasteiger partial charge in [0.2, 0.25) is 0 Å². The van der Waals surface area contributed by atoms with Gasteiger partial charge in [-0.05, 0) is 30.7 Å². The number of rotatable bonds is 3. The number of nitrogens with zero attached hydrogens (tertiary/aromatic N) is 1. The third-order valence-electron chi connectivity index (χ3n) is 2.45. The second-order valence-corrected chi connectivity index (χ2v) is 3.55. The molecule has 1 heterocycles. The summed E-state index contributed by atoms with van der Waals surface area (Å²) in [5.41, 5.74) is 7.19. The smallest absolute Gasteiger partial charge is 0.0802 e. The molecule has 0 aliphatic carbocycles. The molecule has 0 unspecified atom stereocenters. The highest BCUT2D eigenvalue weighted by atomic mass is 16.3. The van der Waals surface area contributed by atoms with E-state index >= 15 is 0 Å². The quantitative estimate of drug-likeness (QED) is 0.795. The Morgan fingerprint density at radius 2 is 2.20 bits per heavy atom. The Balaban J connectivity index is 2.38. The van der Waals surface area contributed by atoms with Crippen LogP contribution in [-0.2, 0) is 0 Å². The molecule has 2 rings (SSSR count). The predicted molar refractivity (Wildman–Crippen MR) is 60.4 cm³/mol. The van der Waals surface area contributed by atoms with Gasteiger partial charge >= 0.3 is 0 Å². The van der Waals surface area contributed by atoms with Gasteiger partial charge in [-0.3, -0.25) is 4.98 Å². The van der Waals surface area contributed by atoms with Crippen LogP contribution in [0.4, 0.5) is 0 Å². The normalized spacial score (nSPS) is 12.9. The van der Waals surface area contributed by atoms with E-state index in [9.17, 15) is 5.11 Å². The molecular weight excluding hydrogens is 188 g/mol. The van der Waals surface area contributed by atoms with Gasteiger partial charge in [0.1, 0.15) is 0 Å². The Kier molecular flexibility index (Phi) is 2.94. The zero-order valence-corrected chi connectivity index (χ0v) is 8.43. The van der Waals surface area contributed by atoms with Gasteiger partial charge in [-0.2, -0.15) is 0 Å². The molecule has 15 heavy (non-hydrogen) atoms. The molecule has 1 aromatic heterocycles. The van der Waals surface area contributed by atoms with Gasteiger partial charge in [-0.25, -0.2) is 0 Å². The Hall–Kier alpha value is -1.45. The summed E-state index contributed by atoms with van der Waals surface area (Å²) in [6.07, 6.45) is 1.85. The summed E-state index contributed by atoms with van der Waals surface area (Å²) < 4.78 is 0. The summed E-state index contributed by atoms with van der Waals surface area (Å²) in [6.45, 7) is 0.488. The minimum absolute atomic E-state index is 0.485. The van der Waals surface area contributed by atoms with Crippen LogP contribution in [0.2, 0.25) is 0 Å². The van der Waals surface area contributed by atoms with E-state index in [1.807, 2.05) is 30.3 Å². The zero-order valence-electron chi connectivity index (χ0n) is 8.43. The maximum Gasteiger partial charge on any atom is 0.0802 e. The first kappa shape index (κ1) is 10.1. The fourth-order valence-corrected chi connectivity index (χ4v) is 1.62. The van der Waals surface area contributed by atoms with Crippen molar-refractivity contribution in [3.63, 3.8) is 0 Å². The number of pyridine rings is 1.